The van der Waals surface area contributed by atoms with E-state index in [1.165, 1.54) is 0 Å². The molecule has 1 atom stereocenters. The highest BCUT2D eigenvalue weighted by Crippen LogP contribution is 2.32. The molecule has 3 heteroatoms. The zero-order valence-electron chi connectivity index (χ0n) is 8.25. The van der Waals surface area contributed by atoms with Crippen LogP contribution in [-0.4, -0.2) is 19.4 Å². The van der Waals surface area contributed by atoms with Crippen molar-refractivity contribution in [1.82, 2.24) is 0 Å². The molecule has 0 saturated heterocycles. The highest BCUT2D eigenvalue weighted by molar-refractivity contribution is 6.33. The molecule has 1 aliphatic heterocycles. The number of fused-ring (bicyclic) bond motifs is 1. The Kier molecular flexibility index (Phi) is 2.46. The van der Waals surface area contributed by atoms with Gasteiger partial charge in [-0.15, -0.1) is 0 Å². The van der Waals surface area contributed by atoms with Crippen LogP contribution < -0.4 is 4.74 Å². The molecule has 14 heavy (non-hydrogen) atoms. The zero-order valence-corrected chi connectivity index (χ0v) is 9.01. The lowest BCUT2D eigenvalue weighted by Crippen LogP contribution is -2.12. The van der Waals surface area contributed by atoms with Crippen molar-refractivity contribution in [3.05, 3.63) is 28.3 Å². The fourth-order valence-electron chi connectivity index (χ4n) is 1.66. The average Bonchev–Trinajstić information content (AvgIpc) is 2.20. The van der Waals surface area contributed by atoms with Crippen molar-refractivity contribution in [2.75, 3.05) is 7.11 Å². The van der Waals surface area contributed by atoms with Crippen LogP contribution in [0.25, 0.3) is 0 Å². The summed E-state index contributed by atoms with van der Waals surface area (Å²) in [5.74, 6) is 0.743. The van der Waals surface area contributed by atoms with Gasteiger partial charge in [0.15, 0.2) is 0 Å². The summed E-state index contributed by atoms with van der Waals surface area (Å²) in [6.45, 7) is 2.08. The lowest BCUT2D eigenvalue weighted by atomic mass is 9.98. The molecule has 0 fully saturated rings. The van der Waals surface area contributed by atoms with Gasteiger partial charge >= 0.3 is 0 Å². The third-order valence-electron chi connectivity index (χ3n) is 2.43. The van der Waals surface area contributed by atoms with E-state index in [1.54, 1.807) is 7.11 Å². The van der Waals surface area contributed by atoms with Crippen molar-refractivity contribution in [3.8, 4) is 5.75 Å². The maximum Gasteiger partial charge on any atom is 0.137 e. The van der Waals surface area contributed by atoms with Gasteiger partial charge in [-0.05, 0) is 36.6 Å². The Balaban J connectivity index is 2.53. The second kappa shape index (κ2) is 3.62. The molecule has 1 aromatic rings. The number of benzene rings is 1. The highest BCUT2D eigenvalue weighted by Gasteiger charge is 2.16. The van der Waals surface area contributed by atoms with Crippen LogP contribution >= 0.6 is 11.6 Å². The standard InChI is InChI=1S/C11H12ClNO/c1-7-5-9-8(6-13-7)3-4-10(14-2)11(9)12/h3-4,6-7H,5H2,1-2H3/t7-/m0/s1. The molecule has 0 aliphatic carbocycles. The van der Waals surface area contributed by atoms with E-state index >= 15 is 0 Å². The Labute approximate surface area is 88.6 Å². The van der Waals surface area contributed by atoms with Gasteiger partial charge in [-0.3, -0.25) is 4.99 Å². The second-order valence-electron chi connectivity index (χ2n) is 3.48. The summed E-state index contributed by atoms with van der Waals surface area (Å²) in [7, 11) is 1.63. The van der Waals surface area contributed by atoms with Crippen LogP contribution in [0, 0.1) is 0 Å². The predicted octanol–water partition coefficient (Wildman–Crippen LogP) is 2.71. The summed E-state index contributed by atoms with van der Waals surface area (Å²) < 4.78 is 5.17. The first-order chi connectivity index (χ1) is 6.72. The molecule has 0 aromatic heterocycles. The van der Waals surface area contributed by atoms with Gasteiger partial charge in [-0.25, -0.2) is 0 Å². The van der Waals surface area contributed by atoms with Crippen molar-refractivity contribution in [2.45, 2.75) is 19.4 Å². The molecule has 0 saturated carbocycles. The number of nitrogens with zero attached hydrogens (tertiary/aromatic N) is 1. The van der Waals surface area contributed by atoms with Crippen molar-refractivity contribution in [2.24, 2.45) is 4.99 Å². The van der Waals surface area contributed by atoms with Crippen LogP contribution in [0.1, 0.15) is 18.1 Å². The molecule has 0 bridgehead atoms. The van der Waals surface area contributed by atoms with Crippen LogP contribution in [0.3, 0.4) is 0 Å². The first kappa shape index (κ1) is 9.53. The van der Waals surface area contributed by atoms with Crippen LogP contribution in [0.4, 0.5) is 0 Å². The Bertz CT molecular complexity index is 387. The molecular formula is C11H12ClNO. The van der Waals surface area contributed by atoms with Crippen molar-refractivity contribution in [1.29, 1.82) is 0 Å². The van der Waals surface area contributed by atoms with E-state index in [0.29, 0.717) is 6.04 Å². The average molecular weight is 210 g/mol. The molecule has 2 nitrogen and oxygen atoms in total. The molecule has 0 N–H and O–H groups in total. The fraction of sp³-hybridized carbons (Fsp3) is 0.364. The SMILES string of the molecule is COc1ccc2c(c1Cl)C[C@H](C)N=C2. The number of hydrogen-bond acceptors (Lipinski definition) is 2. The van der Waals surface area contributed by atoms with Gasteiger partial charge in [0, 0.05) is 6.21 Å². The van der Waals surface area contributed by atoms with Crippen LogP contribution in [0.5, 0.6) is 5.75 Å². The minimum absolute atomic E-state index is 0.312. The number of rotatable bonds is 1. The third-order valence-corrected chi connectivity index (χ3v) is 2.85. The third kappa shape index (κ3) is 1.50. The fourth-order valence-corrected chi connectivity index (χ4v) is 1.98. The lowest BCUT2D eigenvalue weighted by molar-refractivity contribution is 0.414. The minimum Gasteiger partial charge on any atom is -0.495 e. The van der Waals surface area contributed by atoms with E-state index < -0.39 is 0 Å². The molecule has 1 aliphatic rings. The number of ether oxygens (including phenoxy) is 1. The summed E-state index contributed by atoms with van der Waals surface area (Å²) in [6, 6.07) is 4.19. The number of methoxy groups -OCH3 is 1. The summed E-state index contributed by atoms with van der Waals surface area (Å²) in [5.41, 5.74) is 2.25. The molecule has 0 spiro atoms. The van der Waals surface area contributed by atoms with E-state index in [9.17, 15) is 0 Å². The smallest absolute Gasteiger partial charge is 0.137 e. The van der Waals surface area contributed by atoms with Gasteiger partial charge in [0.1, 0.15) is 5.75 Å². The largest absolute Gasteiger partial charge is 0.495 e. The summed E-state index contributed by atoms with van der Waals surface area (Å²) >= 11 is 6.21. The van der Waals surface area contributed by atoms with Crippen LogP contribution in [0.15, 0.2) is 17.1 Å². The van der Waals surface area contributed by atoms with Gasteiger partial charge in [0.25, 0.3) is 0 Å². The van der Waals surface area contributed by atoms with Crippen molar-refractivity contribution >= 4 is 17.8 Å². The number of aliphatic imine (C=N–C) groups is 1. The Morgan fingerprint density at radius 2 is 2.29 bits per heavy atom. The Morgan fingerprint density at radius 1 is 1.50 bits per heavy atom. The predicted molar refractivity (Wildman–Crippen MR) is 58.8 cm³/mol. The van der Waals surface area contributed by atoms with Gasteiger partial charge in [-0.1, -0.05) is 11.6 Å². The van der Waals surface area contributed by atoms with Gasteiger partial charge < -0.3 is 4.74 Å². The van der Waals surface area contributed by atoms with E-state index in [0.717, 1.165) is 28.3 Å². The normalized spacial score (nSPS) is 19.2. The highest BCUT2D eigenvalue weighted by atomic mass is 35.5. The van der Waals surface area contributed by atoms with Gasteiger partial charge in [0.05, 0.1) is 18.2 Å². The van der Waals surface area contributed by atoms with E-state index in [4.69, 9.17) is 16.3 Å². The van der Waals surface area contributed by atoms with Gasteiger partial charge in [-0.2, -0.15) is 0 Å². The minimum atomic E-state index is 0.312. The first-order valence-electron chi connectivity index (χ1n) is 4.61. The zero-order chi connectivity index (χ0) is 10.1. The number of hydrogen-bond donors (Lipinski definition) is 0. The monoisotopic (exact) mass is 209 g/mol. The molecule has 0 amide bonds. The Morgan fingerprint density at radius 3 is 3.00 bits per heavy atom. The molecular weight excluding hydrogens is 198 g/mol. The Hall–Kier alpha value is -1.02. The molecule has 1 heterocycles. The maximum absolute atomic E-state index is 6.21. The quantitative estimate of drug-likeness (QED) is 0.697. The molecule has 0 unspecified atom stereocenters. The topological polar surface area (TPSA) is 21.6 Å². The van der Waals surface area contributed by atoms with Crippen LogP contribution in [-0.2, 0) is 6.42 Å². The van der Waals surface area contributed by atoms with E-state index in [1.807, 2.05) is 18.3 Å². The lowest BCUT2D eigenvalue weighted by Gasteiger charge is -2.17. The maximum atomic E-state index is 6.21. The molecule has 1 aromatic carbocycles. The van der Waals surface area contributed by atoms with E-state index in [2.05, 4.69) is 11.9 Å². The van der Waals surface area contributed by atoms with Crippen molar-refractivity contribution < 1.29 is 4.74 Å². The number of halogens is 1. The van der Waals surface area contributed by atoms with Crippen LogP contribution in [0.2, 0.25) is 5.02 Å². The van der Waals surface area contributed by atoms with E-state index in [-0.39, 0.29) is 0 Å². The summed E-state index contributed by atoms with van der Waals surface area (Å²) in [6.07, 6.45) is 2.77. The first-order valence-corrected chi connectivity index (χ1v) is 4.98. The van der Waals surface area contributed by atoms with Crippen molar-refractivity contribution in [3.63, 3.8) is 0 Å². The second-order valence-corrected chi connectivity index (χ2v) is 3.86. The molecule has 2 rings (SSSR count). The summed E-state index contributed by atoms with van der Waals surface area (Å²) in [4.78, 5) is 4.34. The molecule has 0 radical (unpaired) electrons. The summed E-state index contributed by atoms with van der Waals surface area (Å²) in [5, 5.41) is 0.725. The molecule has 74 valence electrons. The van der Waals surface area contributed by atoms with Gasteiger partial charge in [0.2, 0.25) is 0 Å².